The lowest BCUT2D eigenvalue weighted by Crippen LogP contribution is -2.28. The van der Waals surface area contributed by atoms with Crippen LogP contribution in [-0.2, 0) is 0 Å². The molecule has 1 saturated heterocycles. The minimum Gasteiger partial charge on any atom is -0.361 e. The van der Waals surface area contributed by atoms with Crippen LogP contribution in [0.5, 0.6) is 0 Å². The highest BCUT2D eigenvalue weighted by Crippen LogP contribution is 2.18. The minimum atomic E-state index is 1.12. The van der Waals surface area contributed by atoms with Crippen LogP contribution in [0, 0.1) is 0 Å². The Morgan fingerprint density at radius 2 is 2.10 bits per heavy atom. The van der Waals surface area contributed by atoms with Crippen LogP contribution in [0.2, 0.25) is 0 Å². The number of para-hydroxylation sites is 1. The quantitative estimate of drug-likeness (QED) is 0.894. The maximum absolute atomic E-state index is 3.45. The summed E-state index contributed by atoms with van der Waals surface area (Å²) in [5.41, 5.74) is 2.50. The third-order valence-corrected chi connectivity index (χ3v) is 3.96. The van der Waals surface area contributed by atoms with Crippen molar-refractivity contribution in [2.24, 2.45) is 0 Å². The van der Waals surface area contributed by atoms with Crippen molar-refractivity contribution in [3.63, 3.8) is 0 Å². The van der Waals surface area contributed by atoms with E-state index in [0.717, 1.165) is 13.0 Å². The number of fused-ring (bicyclic) bond motifs is 1. The largest absolute Gasteiger partial charge is 0.361 e. The molecular weight excluding hydrogens is 246 g/mol. The summed E-state index contributed by atoms with van der Waals surface area (Å²) in [4.78, 5) is 5.87. The monoisotopic (exact) mass is 269 g/mol. The van der Waals surface area contributed by atoms with Gasteiger partial charge in [0.05, 0.1) is 0 Å². The fraction of sp³-hybridized carbons (Fsp3) is 0.412. The maximum atomic E-state index is 3.45. The number of benzene rings is 1. The lowest BCUT2D eigenvalue weighted by molar-refractivity contribution is 0.298. The summed E-state index contributed by atoms with van der Waals surface area (Å²) in [6, 6.07) is 8.46. The first kappa shape index (κ1) is 13.4. The molecule has 2 aromatic rings. The second-order valence-electron chi connectivity index (χ2n) is 5.43. The molecule has 2 heterocycles. The summed E-state index contributed by atoms with van der Waals surface area (Å²) in [6.07, 6.45) is 9.03. The third kappa shape index (κ3) is 3.30. The van der Waals surface area contributed by atoms with Gasteiger partial charge in [-0.2, -0.15) is 0 Å². The fourth-order valence-corrected chi connectivity index (χ4v) is 2.82. The average molecular weight is 269 g/mol. The van der Waals surface area contributed by atoms with Crippen molar-refractivity contribution in [2.45, 2.75) is 12.8 Å². The summed E-state index contributed by atoms with van der Waals surface area (Å²) >= 11 is 0. The molecule has 0 aliphatic carbocycles. The van der Waals surface area contributed by atoms with E-state index in [1.807, 2.05) is 0 Å². The molecule has 20 heavy (non-hydrogen) atoms. The van der Waals surface area contributed by atoms with Crippen LogP contribution < -0.4 is 5.32 Å². The highest BCUT2D eigenvalue weighted by atomic mass is 15.1. The summed E-state index contributed by atoms with van der Waals surface area (Å²) in [5.74, 6) is 0. The molecule has 2 N–H and O–H groups in total. The number of aromatic amines is 1. The zero-order chi connectivity index (χ0) is 13.6. The molecule has 0 radical (unpaired) electrons. The lowest BCUT2D eigenvalue weighted by atomic mass is 10.1. The first-order valence-electron chi connectivity index (χ1n) is 7.59. The van der Waals surface area contributed by atoms with Gasteiger partial charge in [-0.25, -0.2) is 0 Å². The highest BCUT2D eigenvalue weighted by molar-refractivity contribution is 5.88. The van der Waals surface area contributed by atoms with Crippen molar-refractivity contribution < 1.29 is 0 Å². The predicted molar refractivity (Wildman–Crippen MR) is 85.9 cm³/mol. The van der Waals surface area contributed by atoms with Crippen LogP contribution in [0.15, 0.2) is 36.5 Å². The molecule has 0 bridgehead atoms. The van der Waals surface area contributed by atoms with E-state index in [-0.39, 0.29) is 0 Å². The Balaban J connectivity index is 1.55. The number of hydrogen-bond acceptors (Lipinski definition) is 2. The van der Waals surface area contributed by atoms with Crippen LogP contribution in [-0.4, -0.2) is 42.6 Å². The topological polar surface area (TPSA) is 31.1 Å². The van der Waals surface area contributed by atoms with Crippen molar-refractivity contribution in [2.75, 3.05) is 32.7 Å². The maximum Gasteiger partial charge on any atom is 0.0460 e. The zero-order valence-electron chi connectivity index (χ0n) is 11.9. The van der Waals surface area contributed by atoms with Gasteiger partial charge in [0.15, 0.2) is 0 Å². The smallest absolute Gasteiger partial charge is 0.0460 e. The first-order valence-corrected chi connectivity index (χ1v) is 7.59. The number of hydrogen-bond donors (Lipinski definition) is 2. The van der Waals surface area contributed by atoms with Gasteiger partial charge < -0.3 is 15.2 Å². The van der Waals surface area contributed by atoms with E-state index in [1.54, 1.807) is 0 Å². The van der Waals surface area contributed by atoms with Crippen molar-refractivity contribution in [1.29, 1.82) is 0 Å². The Bertz CT molecular complexity index is 562. The van der Waals surface area contributed by atoms with Crippen molar-refractivity contribution in [3.8, 4) is 0 Å². The summed E-state index contributed by atoms with van der Waals surface area (Å²) in [7, 11) is 0. The minimum absolute atomic E-state index is 1.12. The Morgan fingerprint density at radius 3 is 3.10 bits per heavy atom. The van der Waals surface area contributed by atoms with Crippen LogP contribution in [0.3, 0.4) is 0 Å². The standard InChI is InChI=1S/C17H23N3/c1-2-8-17-16(7-1)15(14-19-17)6-3-4-11-20-12-5-9-18-10-13-20/h1-3,6-8,14,18-19H,4-5,9-13H2/b6-3+. The molecule has 1 aliphatic rings. The number of nitrogens with one attached hydrogen (secondary N) is 2. The van der Waals surface area contributed by atoms with E-state index in [0.29, 0.717) is 0 Å². The molecule has 3 rings (SSSR count). The Morgan fingerprint density at radius 1 is 1.15 bits per heavy atom. The predicted octanol–water partition coefficient (Wildman–Crippen LogP) is 2.87. The Kier molecular flexibility index (Phi) is 4.51. The molecule has 0 atom stereocenters. The van der Waals surface area contributed by atoms with Gasteiger partial charge in [-0.1, -0.05) is 30.4 Å². The zero-order valence-corrected chi connectivity index (χ0v) is 11.9. The van der Waals surface area contributed by atoms with E-state index < -0.39 is 0 Å². The third-order valence-electron chi connectivity index (χ3n) is 3.96. The summed E-state index contributed by atoms with van der Waals surface area (Å²) < 4.78 is 0. The van der Waals surface area contributed by atoms with Gasteiger partial charge in [-0.05, 0) is 37.6 Å². The van der Waals surface area contributed by atoms with Gasteiger partial charge in [-0.3, -0.25) is 0 Å². The number of aromatic nitrogens is 1. The molecule has 0 spiro atoms. The molecule has 0 saturated carbocycles. The average Bonchev–Trinajstić information content (AvgIpc) is 2.71. The van der Waals surface area contributed by atoms with E-state index >= 15 is 0 Å². The van der Waals surface area contributed by atoms with Gasteiger partial charge in [-0.15, -0.1) is 0 Å². The Hall–Kier alpha value is -1.58. The van der Waals surface area contributed by atoms with E-state index in [2.05, 4.69) is 57.8 Å². The van der Waals surface area contributed by atoms with Crippen molar-refractivity contribution >= 4 is 17.0 Å². The highest BCUT2D eigenvalue weighted by Gasteiger charge is 2.06. The number of rotatable bonds is 4. The summed E-state index contributed by atoms with van der Waals surface area (Å²) in [5, 5.41) is 4.75. The normalized spacial score (nSPS) is 17.8. The van der Waals surface area contributed by atoms with Crippen molar-refractivity contribution in [1.82, 2.24) is 15.2 Å². The van der Waals surface area contributed by atoms with Crippen LogP contribution in [0.4, 0.5) is 0 Å². The molecule has 1 fully saturated rings. The van der Waals surface area contributed by atoms with Gasteiger partial charge in [0.2, 0.25) is 0 Å². The molecule has 1 aliphatic heterocycles. The second-order valence-corrected chi connectivity index (χ2v) is 5.43. The number of H-pyrrole nitrogens is 1. The molecule has 0 unspecified atom stereocenters. The summed E-state index contributed by atoms with van der Waals surface area (Å²) in [6.45, 7) is 5.88. The van der Waals surface area contributed by atoms with Crippen LogP contribution in [0.1, 0.15) is 18.4 Å². The van der Waals surface area contributed by atoms with Crippen LogP contribution in [0.25, 0.3) is 17.0 Å². The van der Waals surface area contributed by atoms with E-state index in [4.69, 9.17) is 0 Å². The van der Waals surface area contributed by atoms with Gasteiger partial charge >= 0.3 is 0 Å². The first-order chi connectivity index (χ1) is 9.93. The molecule has 3 heteroatoms. The van der Waals surface area contributed by atoms with E-state index in [1.165, 1.54) is 49.1 Å². The molecule has 106 valence electrons. The lowest BCUT2D eigenvalue weighted by Gasteiger charge is -2.17. The van der Waals surface area contributed by atoms with Gasteiger partial charge in [0.1, 0.15) is 0 Å². The number of nitrogens with zero attached hydrogens (tertiary/aromatic N) is 1. The molecule has 0 amide bonds. The molecule has 3 nitrogen and oxygen atoms in total. The van der Waals surface area contributed by atoms with Gasteiger partial charge in [0, 0.05) is 36.7 Å². The molecule has 1 aromatic carbocycles. The fourth-order valence-electron chi connectivity index (χ4n) is 2.82. The van der Waals surface area contributed by atoms with Crippen molar-refractivity contribution in [3.05, 3.63) is 42.1 Å². The van der Waals surface area contributed by atoms with E-state index in [9.17, 15) is 0 Å². The SMILES string of the molecule is C(=C\c1c[nH]c2ccccc12)/CCN1CCCNCC1. The molecule has 1 aromatic heterocycles. The molecular formula is C17H23N3. The second kappa shape index (κ2) is 6.73. The Labute approximate surface area is 120 Å². The van der Waals surface area contributed by atoms with Gasteiger partial charge in [0.25, 0.3) is 0 Å². The van der Waals surface area contributed by atoms with Crippen LogP contribution >= 0.6 is 0 Å².